The molecule has 2 nitrogen and oxygen atoms in total. The lowest BCUT2D eigenvalue weighted by Crippen LogP contribution is -2.01. The van der Waals surface area contributed by atoms with Gasteiger partial charge in [-0.3, -0.25) is 4.79 Å². The molecule has 0 amide bonds. The van der Waals surface area contributed by atoms with Crippen LogP contribution in [0.1, 0.15) is 12.5 Å². The van der Waals surface area contributed by atoms with Crippen molar-refractivity contribution in [2.45, 2.75) is 13.8 Å². The highest BCUT2D eigenvalue weighted by Crippen LogP contribution is 2.15. The Morgan fingerprint density at radius 2 is 2.17 bits per heavy atom. The van der Waals surface area contributed by atoms with Crippen LogP contribution in [-0.2, 0) is 4.79 Å². The van der Waals surface area contributed by atoms with Crippen LogP contribution in [-0.4, -0.2) is 5.97 Å². The molecule has 0 saturated heterocycles. The second kappa shape index (κ2) is 3.34. The van der Waals surface area contributed by atoms with Crippen LogP contribution < -0.4 is 4.74 Å². The predicted molar refractivity (Wildman–Crippen MR) is 42.4 cm³/mol. The number of rotatable bonds is 1. The topological polar surface area (TPSA) is 26.3 Å². The van der Waals surface area contributed by atoms with E-state index in [-0.39, 0.29) is 5.82 Å². The fourth-order valence-electron chi connectivity index (χ4n) is 0.847. The highest BCUT2D eigenvalue weighted by atomic mass is 19.1. The minimum atomic E-state index is -0.402. The maximum Gasteiger partial charge on any atom is 0.308 e. The average Bonchev–Trinajstić information content (AvgIpc) is 1.96. The van der Waals surface area contributed by atoms with Gasteiger partial charge in [-0.2, -0.15) is 0 Å². The van der Waals surface area contributed by atoms with E-state index in [2.05, 4.69) is 0 Å². The number of hydrogen-bond donors (Lipinski definition) is 0. The van der Waals surface area contributed by atoms with Crippen molar-refractivity contribution in [1.82, 2.24) is 0 Å². The first kappa shape index (κ1) is 8.71. The molecule has 0 unspecified atom stereocenters. The van der Waals surface area contributed by atoms with E-state index in [1.165, 1.54) is 25.1 Å². The molecule has 1 aromatic rings. The molecule has 0 aliphatic rings. The summed E-state index contributed by atoms with van der Waals surface area (Å²) in [6.45, 7) is 2.92. The van der Waals surface area contributed by atoms with Crippen molar-refractivity contribution in [3.63, 3.8) is 0 Å². The zero-order chi connectivity index (χ0) is 9.14. The second-order valence-corrected chi connectivity index (χ2v) is 2.50. The maximum atomic E-state index is 12.7. The number of benzene rings is 1. The number of esters is 1. The molecule has 1 aromatic carbocycles. The third kappa shape index (κ3) is 2.05. The Morgan fingerprint density at radius 1 is 1.50 bits per heavy atom. The molecule has 64 valence electrons. The SMILES string of the molecule is CC(=O)Oc1ccc(F)c(C)c1. The molecular weight excluding hydrogens is 159 g/mol. The summed E-state index contributed by atoms with van der Waals surface area (Å²) in [5.41, 5.74) is 0.466. The molecule has 12 heavy (non-hydrogen) atoms. The first-order valence-electron chi connectivity index (χ1n) is 3.54. The van der Waals surface area contributed by atoms with Crippen LogP contribution in [0.5, 0.6) is 5.75 Å². The Labute approximate surface area is 70.0 Å². The lowest BCUT2D eigenvalue weighted by atomic mass is 10.2. The van der Waals surface area contributed by atoms with Crippen LogP contribution in [0.2, 0.25) is 0 Å². The van der Waals surface area contributed by atoms with Gasteiger partial charge in [0.15, 0.2) is 0 Å². The quantitative estimate of drug-likeness (QED) is 0.474. The van der Waals surface area contributed by atoms with Gasteiger partial charge in [0, 0.05) is 6.92 Å². The molecule has 1 rings (SSSR count). The molecule has 0 saturated carbocycles. The summed E-state index contributed by atoms with van der Waals surface area (Å²) in [6.07, 6.45) is 0. The number of hydrogen-bond acceptors (Lipinski definition) is 2. The summed E-state index contributed by atoms with van der Waals surface area (Å²) < 4.78 is 17.4. The summed E-state index contributed by atoms with van der Waals surface area (Å²) >= 11 is 0. The molecule has 0 spiro atoms. The van der Waals surface area contributed by atoms with E-state index in [9.17, 15) is 9.18 Å². The molecule has 3 heteroatoms. The van der Waals surface area contributed by atoms with Crippen molar-refractivity contribution >= 4 is 5.97 Å². The first-order chi connectivity index (χ1) is 5.59. The fourth-order valence-corrected chi connectivity index (χ4v) is 0.847. The van der Waals surface area contributed by atoms with Gasteiger partial charge in [-0.25, -0.2) is 4.39 Å². The summed E-state index contributed by atoms with van der Waals surface area (Å²) in [7, 11) is 0. The smallest absolute Gasteiger partial charge is 0.308 e. The fraction of sp³-hybridized carbons (Fsp3) is 0.222. The van der Waals surface area contributed by atoms with Gasteiger partial charge in [0.1, 0.15) is 11.6 Å². The van der Waals surface area contributed by atoms with Crippen molar-refractivity contribution in [2.75, 3.05) is 0 Å². The van der Waals surface area contributed by atoms with Crippen molar-refractivity contribution in [3.8, 4) is 5.75 Å². The van der Waals surface area contributed by atoms with E-state index >= 15 is 0 Å². The second-order valence-electron chi connectivity index (χ2n) is 2.50. The predicted octanol–water partition coefficient (Wildman–Crippen LogP) is 2.06. The van der Waals surface area contributed by atoms with E-state index in [4.69, 9.17) is 4.74 Å². The summed E-state index contributed by atoms with van der Waals surface area (Å²) in [5, 5.41) is 0. The zero-order valence-corrected chi connectivity index (χ0v) is 6.93. The Balaban J connectivity index is 2.89. The first-order valence-corrected chi connectivity index (χ1v) is 3.54. The van der Waals surface area contributed by atoms with E-state index in [1.807, 2.05) is 0 Å². The van der Waals surface area contributed by atoms with E-state index < -0.39 is 5.97 Å². The van der Waals surface area contributed by atoms with E-state index in [1.54, 1.807) is 6.92 Å². The van der Waals surface area contributed by atoms with Gasteiger partial charge in [-0.05, 0) is 30.7 Å². The normalized spacial score (nSPS) is 9.58. The van der Waals surface area contributed by atoms with Gasteiger partial charge < -0.3 is 4.74 Å². The molecule has 0 N–H and O–H groups in total. The lowest BCUT2D eigenvalue weighted by molar-refractivity contribution is -0.131. The monoisotopic (exact) mass is 168 g/mol. The maximum absolute atomic E-state index is 12.7. The third-order valence-corrected chi connectivity index (χ3v) is 1.39. The van der Waals surface area contributed by atoms with Crippen molar-refractivity contribution in [2.24, 2.45) is 0 Å². The molecule has 0 aliphatic carbocycles. The van der Waals surface area contributed by atoms with Gasteiger partial charge in [-0.1, -0.05) is 0 Å². The Bertz CT molecular complexity index is 307. The number of aryl methyl sites for hydroxylation is 1. The van der Waals surface area contributed by atoms with Crippen LogP contribution in [0.25, 0.3) is 0 Å². The van der Waals surface area contributed by atoms with Crippen LogP contribution in [0.3, 0.4) is 0 Å². The molecule has 0 bridgehead atoms. The number of carbonyl (C=O) groups excluding carboxylic acids is 1. The summed E-state index contributed by atoms with van der Waals surface area (Å²) in [5.74, 6) is -0.326. The number of carbonyl (C=O) groups is 1. The minimum Gasteiger partial charge on any atom is -0.427 e. The third-order valence-electron chi connectivity index (χ3n) is 1.39. The number of ether oxygens (including phenoxy) is 1. The van der Waals surface area contributed by atoms with Crippen LogP contribution >= 0.6 is 0 Å². The molecule has 0 atom stereocenters. The molecule has 0 aliphatic heterocycles. The molecule has 0 radical (unpaired) electrons. The van der Waals surface area contributed by atoms with Crippen molar-refractivity contribution in [1.29, 1.82) is 0 Å². The van der Waals surface area contributed by atoms with Gasteiger partial charge in [0.25, 0.3) is 0 Å². The van der Waals surface area contributed by atoms with Crippen molar-refractivity contribution in [3.05, 3.63) is 29.6 Å². The van der Waals surface area contributed by atoms with Gasteiger partial charge in [0.2, 0.25) is 0 Å². The highest BCUT2D eigenvalue weighted by molar-refractivity contribution is 5.69. The van der Waals surface area contributed by atoms with E-state index in [0.717, 1.165) is 0 Å². The van der Waals surface area contributed by atoms with Gasteiger partial charge in [-0.15, -0.1) is 0 Å². The molecule has 0 heterocycles. The minimum absolute atomic E-state index is 0.300. The van der Waals surface area contributed by atoms with Gasteiger partial charge in [0.05, 0.1) is 0 Å². The molecular formula is C9H9FO2. The van der Waals surface area contributed by atoms with E-state index in [0.29, 0.717) is 11.3 Å². The van der Waals surface area contributed by atoms with Crippen LogP contribution in [0.15, 0.2) is 18.2 Å². The summed E-state index contributed by atoms with van der Waals surface area (Å²) in [6, 6.07) is 4.17. The number of halogens is 1. The highest BCUT2D eigenvalue weighted by Gasteiger charge is 2.01. The van der Waals surface area contributed by atoms with Crippen LogP contribution in [0, 0.1) is 12.7 Å². The Hall–Kier alpha value is -1.38. The van der Waals surface area contributed by atoms with Gasteiger partial charge >= 0.3 is 5.97 Å². The largest absolute Gasteiger partial charge is 0.427 e. The molecule has 0 aromatic heterocycles. The zero-order valence-electron chi connectivity index (χ0n) is 6.93. The van der Waals surface area contributed by atoms with Crippen LogP contribution in [0.4, 0.5) is 4.39 Å². The molecule has 0 fully saturated rings. The Morgan fingerprint density at radius 3 is 2.67 bits per heavy atom. The Kier molecular flexibility index (Phi) is 2.43. The summed E-state index contributed by atoms with van der Waals surface area (Å²) in [4.78, 5) is 10.5. The van der Waals surface area contributed by atoms with Crippen molar-refractivity contribution < 1.29 is 13.9 Å². The lowest BCUT2D eigenvalue weighted by Gasteiger charge is -2.01. The standard InChI is InChI=1S/C9H9FO2/c1-6-5-8(12-7(2)11)3-4-9(6)10/h3-5H,1-2H3. The average molecular weight is 168 g/mol.